The fourth-order valence-corrected chi connectivity index (χ4v) is 48.3. The average Bonchev–Trinajstić information content (AvgIpc) is 4.32. The standard InChI is InChI=1S/C48H42S28/c1-2-26(28(7-11-51-31-23-63-43(67-31)47-73-37-38(74-47)58-18-17-57-37)8-12-52-32-24-64-44(68-32)48-75-39-40(76-48)60-20-19-59-39)4-3-25(1)27(5-9-49-29-21-61-41(65-29)45-69-33-34(70-45)54-14-13-53-33)6-10-50-30-22-62-42(66-30)46-71-35-36(72-46)56-16-15-55-35/h1-4,21-24,27-28H,5-20H2. The quantitative estimate of drug-likeness (QED) is 0.137. The van der Waals surface area contributed by atoms with Crippen LogP contribution in [0, 0.1) is 0 Å². The van der Waals surface area contributed by atoms with Crippen LogP contribution < -0.4 is 0 Å². The van der Waals surface area contributed by atoms with Crippen LogP contribution in [0.15, 0.2) is 131 Å². The number of benzene rings is 1. The van der Waals surface area contributed by atoms with Crippen molar-refractivity contribution in [2.45, 2.75) is 37.5 Å². The molecular weight excluding hydrogens is 1470 g/mol. The maximum Gasteiger partial charge on any atom is 0.0717 e. The SMILES string of the molecule is C1=C(SCCC(CCSC2=CSC(=C3SC4=C(SCCS4)S3)S2)c2ccc(C(CCSC3=CSC(=C4SC5=C(SCCS5)S4)S3)CCSC3=CSC(=C4SC5=C(SCCS5)S4)S3)cc2)SC(=C2SC3=C(SCCS3)S2)S1. The van der Waals surface area contributed by atoms with Crippen LogP contribution in [0.3, 0.4) is 0 Å². The second kappa shape index (κ2) is 30.6. The lowest BCUT2D eigenvalue weighted by Crippen LogP contribution is -2.05. The van der Waals surface area contributed by atoms with Gasteiger partial charge < -0.3 is 0 Å². The third-order valence-electron chi connectivity index (χ3n) is 11.6. The van der Waals surface area contributed by atoms with Gasteiger partial charge in [0.25, 0.3) is 0 Å². The Morgan fingerprint density at radius 1 is 0.263 bits per heavy atom. The molecule has 0 radical (unpaired) electrons. The van der Waals surface area contributed by atoms with Crippen molar-refractivity contribution >= 4 is 329 Å². The molecule has 0 atom stereocenters. The number of hydrogen-bond donors (Lipinski definition) is 0. The van der Waals surface area contributed by atoms with Crippen molar-refractivity contribution in [3.05, 3.63) is 142 Å². The van der Waals surface area contributed by atoms with Crippen molar-refractivity contribution in [1.29, 1.82) is 0 Å². The van der Waals surface area contributed by atoms with E-state index in [4.69, 9.17) is 0 Å². The Balaban J connectivity index is 0.657. The van der Waals surface area contributed by atoms with Crippen molar-refractivity contribution in [3.63, 3.8) is 0 Å². The fourth-order valence-electron chi connectivity index (χ4n) is 7.99. The molecule has 0 amide bonds. The summed E-state index contributed by atoms with van der Waals surface area (Å²) in [5, 5.41) is 9.74. The zero-order chi connectivity index (χ0) is 50.6. The fraction of sp³-hybridized carbons (Fsp3) is 0.375. The molecule has 0 aromatic heterocycles. The van der Waals surface area contributed by atoms with E-state index in [0.29, 0.717) is 11.8 Å². The van der Waals surface area contributed by atoms with Crippen LogP contribution in [0.4, 0.5) is 0 Å². The van der Waals surface area contributed by atoms with E-state index in [2.05, 4.69) is 187 Å². The lowest BCUT2D eigenvalue weighted by molar-refractivity contribution is 0.642. The molecular formula is C48H42S28. The van der Waals surface area contributed by atoms with Crippen molar-refractivity contribution < 1.29 is 0 Å². The summed E-state index contributed by atoms with van der Waals surface area (Å²) in [4.78, 5) is 0. The van der Waals surface area contributed by atoms with Gasteiger partial charge in [-0.25, -0.2) is 0 Å². The van der Waals surface area contributed by atoms with Crippen molar-refractivity contribution in [3.8, 4) is 0 Å². The van der Waals surface area contributed by atoms with Gasteiger partial charge in [0.15, 0.2) is 0 Å². The first kappa shape index (κ1) is 60.8. The number of thioether (sulfide) groups is 28. The molecule has 0 N–H and O–H groups in total. The molecule has 12 heterocycles. The monoisotopic (exact) mass is 1510 g/mol. The molecule has 28 heteroatoms. The van der Waals surface area contributed by atoms with E-state index < -0.39 is 0 Å². The van der Waals surface area contributed by atoms with E-state index in [0.717, 1.165) is 23.0 Å². The van der Waals surface area contributed by atoms with E-state index in [1.165, 1.54) is 134 Å². The molecule has 0 unspecified atom stereocenters. The van der Waals surface area contributed by atoms with Gasteiger partial charge in [-0.05, 0) is 93.3 Å². The highest BCUT2D eigenvalue weighted by molar-refractivity contribution is 8.47. The van der Waals surface area contributed by atoms with Crippen LogP contribution in [-0.2, 0) is 0 Å². The van der Waals surface area contributed by atoms with E-state index in [9.17, 15) is 0 Å². The summed E-state index contributed by atoms with van der Waals surface area (Å²) in [5.74, 6) is 15.6. The highest BCUT2D eigenvalue weighted by Gasteiger charge is 2.34. The molecule has 13 rings (SSSR count). The predicted octanol–water partition coefficient (Wildman–Crippen LogP) is 26.3. The smallest absolute Gasteiger partial charge is 0.0717 e. The van der Waals surface area contributed by atoms with Gasteiger partial charge in [0.05, 0.1) is 84.7 Å². The summed E-state index contributed by atoms with van der Waals surface area (Å²) in [6.07, 6.45) is 4.80. The van der Waals surface area contributed by atoms with Crippen LogP contribution >= 0.6 is 329 Å². The molecule has 1 aromatic carbocycles. The second-order valence-corrected chi connectivity index (χ2v) is 50.9. The largest absolute Gasteiger partial charge is 0.118 e. The van der Waals surface area contributed by atoms with Gasteiger partial charge >= 0.3 is 0 Å². The van der Waals surface area contributed by atoms with Crippen LogP contribution in [0.2, 0.25) is 0 Å². The average molecular weight is 1520 g/mol. The van der Waals surface area contributed by atoms with Gasteiger partial charge in [0.1, 0.15) is 0 Å². The maximum atomic E-state index is 2.54. The first-order valence-corrected chi connectivity index (χ1v) is 48.9. The Labute approximate surface area is 568 Å². The summed E-state index contributed by atoms with van der Waals surface area (Å²) < 4.78 is 30.3. The lowest BCUT2D eigenvalue weighted by atomic mass is 9.89. The zero-order valence-corrected chi connectivity index (χ0v) is 62.4. The van der Waals surface area contributed by atoms with Crippen LogP contribution in [0.5, 0.6) is 0 Å². The molecule has 0 spiro atoms. The molecule has 0 saturated carbocycles. The van der Waals surface area contributed by atoms with E-state index >= 15 is 0 Å². The minimum atomic E-state index is 0.535. The minimum Gasteiger partial charge on any atom is -0.118 e. The first-order valence-electron chi connectivity index (χ1n) is 23.8. The number of rotatable bonds is 18. The molecule has 12 aliphatic heterocycles. The lowest BCUT2D eigenvalue weighted by Gasteiger charge is -2.21. The summed E-state index contributed by atoms with van der Waals surface area (Å²) in [5.41, 5.74) is 3.06. The molecule has 12 aliphatic rings. The van der Waals surface area contributed by atoms with Gasteiger partial charge in [-0.15, -0.1) is 141 Å². The zero-order valence-electron chi connectivity index (χ0n) is 39.5. The maximum absolute atomic E-state index is 2.54. The second-order valence-electron chi connectivity index (χ2n) is 16.4. The van der Waals surface area contributed by atoms with Crippen LogP contribution in [0.1, 0.15) is 48.6 Å². The summed E-state index contributed by atoms with van der Waals surface area (Å²) in [6.45, 7) is 0. The Hall–Kier alpha value is 5.90. The first-order chi connectivity index (χ1) is 37.6. The Bertz CT molecular complexity index is 2420. The Kier molecular flexibility index (Phi) is 24.5. The third kappa shape index (κ3) is 16.1. The molecule has 0 nitrogen and oxygen atoms in total. The van der Waals surface area contributed by atoms with Gasteiger partial charge in [0.2, 0.25) is 0 Å². The third-order valence-corrected chi connectivity index (χ3v) is 51.8. The normalized spacial score (nSPS) is 23.9. The van der Waals surface area contributed by atoms with Crippen molar-refractivity contribution in [2.24, 2.45) is 0 Å². The minimum absolute atomic E-state index is 0.535. The predicted molar refractivity (Wildman–Crippen MR) is 410 cm³/mol. The number of hydrogen-bond acceptors (Lipinski definition) is 28. The van der Waals surface area contributed by atoms with Crippen molar-refractivity contribution in [1.82, 2.24) is 0 Å². The van der Waals surface area contributed by atoms with Gasteiger partial charge in [-0.3, -0.25) is 0 Å². The summed E-state index contributed by atoms with van der Waals surface area (Å²) in [7, 11) is 0. The Morgan fingerprint density at radius 3 is 0.684 bits per heavy atom. The van der Waals surface area contributed by atoms with Crippen LogP contribution in [-0.4, -0.2) is 69.0 Å². The molecule has 0 aliphatic carbocycles. The van der Waals surface area contributed by atoms with Gasteiger partial charge in [-0.2, -0.15) is 0 Å². The molecule has 0 bridgehead atoms. The molecule has 1 aromatic rings. The molecule has 0 fully saturated rings. The van der Waals surface area contributed by atoms with Crippen LogP contribution in [0.25, 0.3) is 0 Å². The molecule has 0 saturated heterocycles. The highest BCUT2D eigenvalue weighted by Crippen LogP contribution is 2.69. The van der Waals surface area contributed by atoms with Gasteiger partial charge in [-0.1, -0.05) is 212 Å². The highest BCUT2D eigenvalue weighted by atomic mass is 32.3. The van der Waals surface area contributed by atoms with E-state index in [1.807, 2.05) is 188 Å². The molecule has 402 valence electrons. The summed E-state index contributed by atoms with van der Waals surface area (Å²) >= 11 is 57.0. The molecule has 76 heavy (non-hydrogen) atoms. The topological polar surface area (TPSA) is 0 Å². The summed E-state index contributed by atoms with van der Waals surface area (Å²) in [6, 6.07) is 10.2. The van der Waals surface area contributed by atoms with Crippen molar-refractivity contribution in [2.75, 3.05) is 69.0 Å². The van der Waals surface area contributed by atoms with E-state index in [-0.39, 0.29) is 0 Å². The van der Waals surface area contributed by atoms with E-state index in [1.54, 1.807) is 33.9 Å². The Morgan fingerprint density at radius 2 is 0.474 bits per heavy atom. The van der Waals surface area contributed by atoms with Gasteiger partial charge in [0, 0.05) is 46.0 Å².